The normalized spacial score (nSPS) is 10.8. The van der Waals surface area contributed by atoms with E-state index in [-0.39, 0.29) is 0 Å². The molecule has 1 aromatic carbocycles. The molecule has 0 fully saturated rings. The molecule has 0 bridgehead atoms. The number of anilines is 1. The van der Waals surface area contributed by atoms with Gasteiger partial charge in [0.25, 0.3) is 0 Å². The summed E-state index contributed by atoms with van der Waals surface area (Å²) in [6.07, 6.45) is 3.79. The first-order valence-corrected chi connectivity index (χ1v) is 8.73. The molecule has 0 saturated heterocycles. The van der Waals surface area contributed by atoms with Crippen molar-refractivity contribution in [2.75, 3.05) is 17.2 Å². The lowest BCUT2D eigenvalue weighted by atomic mass is 10.2. The number of benzene rings is 1. The molecular formula is C17H18N4S2. The molecule has 0 aliphatic heterocycles. The van der Waals surface area contributed by atoms with E-state index in [1.165, 1.54) is 5.56 Å². The molecule has 118 valence electrons. The second kappa shape index (κ2) is 7.02. The van der Waals surface area contributed by atoms with E-state index in [1.807, 2.05) is 29.4 Å². The van der Waals surface area contributed by atoms with Gasteiger partial charge in [0.2, 0.25) is 0 Å². The highest BCUT2D eigenvalue weighted by Gasteiger charge is 2.10. The van der Waals surface area contributed by atoms with Crippen molar-refractivity contribution in [1.82, 2.24) is 9.38 Å². The summed E-state index contributed by atoms with van der Waals surface area (Å²) in [5, 5.41) is 1.56. The van der Waals surface area contributed by atoms with Crippen LogP contribution in [0, 0.1) is 6.92 Å². The van der Waals surface area contributed by atoms with Crippen molar-refractivity contribution in [3.05, 3.63) is 60.4 Å². The smallest absolute Gasteiger partial charge is 0.170 e. The number of aryl methyl sites for hydroxylation is 1. The number of imidazole rings is 1. The summed E-state index contributed by atoms with van der Waals surface area (Å²) in [6, 6.07) is 14.4. The Bertz CT molecular complexity index is 811. The Kier molecular flexibility index (Phi) is 4.83. The van der Waals surface area contributed by atoms with Gasteiger partial charge in [-0.2, -0.15) is 0 Å². The van der Waals surface area contributed by atoms with Gasteiger partial charge in [-0.3, -0.25) is 4.40 Å². The van der Waals surface area contributed by atoms with Crippen molar-refractivity contribution in [3.63, 3.8) is 0 Å². The quantitative estimate of drug-likeness (QED) is 0.568. The number of pyridine rings is 1. The Labute approximate surface area is 145 Å². The second-order valence-electron chi connectivity index (χ2n) is 5.19. The summed E-state index contributed by atoms with van der Waals surface area (Å²) in [5.74, 6) is 0.877. The first kappa shape index (κ1) is 15.8. The monoisotopic (exact) mass is 342 g/mol. The van der Waals surface area contributed by atoms with Gasteiger partial charge in [0.05, 0.1) is 5.03 Å². The van der Waals surface area contributed by atoms with E-state index in [2.05, 4.69) is 46.6 Å². The molecule has 0 radical (unpaired) electrons. The lowest BCUT2D eigenvalue weighted by Gasteiger charge is -2.23. The SMILES string of the molecule is Cc1ccc(N(CCSc2cccc3nccn23)C(N)=S)cc1. The summed E-state index contributed by atoms with van der Waals surface area (Å²) in [5.41, 5.74) is 9.10. The van der Waals surface area contributed by atoms with Crippen molar-refractivity contribution in [1.29, 1.82) is 0 Å². The molecule has 0 aliphatic rings. The van der Waals surface area contributed by atoms with Crippen LogP contribution < -0.4 is 10.6 Å². The predicted molar refractivity (Wildman–Crippen MR) is 101 cm³/mol. The molecule has 2 heterocycles. The molecule has 0 spiro atoms. The number of fused-ring (bicyclic) bond motifs is 1. The van der Waals surface area contributed by atoms with Gasteiger partial charge in [0.15, 0.2) is 5.11 Å². The fourth-order valence-corrected chi connectivity index (χ4v) is 3.52. The average Bonchev–Trinajstić information content (AvgIpc) is 3.02. The van der Waals surface area contributed by atoms with Crippen LogP contribution in [0.15, 0.2) is 59.9 Å². The highest BCUT2D eigenvalue weighted by atomic mass is 32.2. The zero-order chi connectivity index (χ0) is 16.2. The van der Waals surface area contributed by atoms with Crippen LogP contribution in [0.3, 0.4) is 0 Å². The maximum Gasteiger partial charge on any atom is 0.170 e. The molecule has 6 heteroatoms. The van der Waals surface area contributed by atoms with Gasteiger partial charge < -0.3 is 10.6 Å². The second-order valence-corrected chi connectivity index (χ2v) is 6.73. The minimum Gasteiger partial charge on any atom is -0.376 e. The molecule has 0 saturated carbocycles. The Hall–Kier alpha value is -2.05. The summed E-state index contributed by atoms with van der Waals surface area (Å²) in [6.45, 7) is 2.82. The standard InChI is InChI=1S/C17H18N4S2/c1-13-5-7-14(8-6-13)20(17(18)22)11-12-23-16-4-2-3-15-19-9-10-21(15)16/h2-10H,11-12H2,1H3,(H2,18,22). The zero-order valence-corrected chi connectivity index (χ0v) is 14.5. The van der Waals surface area contributed by atoms with Crippen molar-refractivity contribution in [2.45, 2.75) is 11.9 Å². The summed E-state index contributed by atoms with van der Waals surface area (Å²) in [7, 11) is 0. The van der Waals surface area contributed by atoms with E-state index in [4.69, 9.17) is 18.0 Å². The third kappa shape index (κ3) is 3.65. The molecule has 4 nitrogen and oxygen atoms in total. The lowest BCUT2D eigenvalue weighted by molar-refractivity contribution is 1.01. The van der Waals surface area contributed by atoms with E-state index in [0.717, 1.165) is 28.7 Å². The number of rotatable bonds is 5. The first-order valence-electron chi connectivity index (χ1n) is 7.33. The number of hydrogen-bond acceptors (Lipinski definition) is 3. The maximum absolute atomic E-state index is 5.89. The number of hydrogen-bond donors (Lipinski definition) is 1. The van der Waals surface area contributed by atoms with Gasteiger partial charge in [0, 0.05) is 30.4 Å². The van der Waals surface area contributed by atoms with Crippen molar-refractivity contribution in [2.24, 2.45) is 5.73 Å². The van der Waals surface area contributed by atoms with Gasteiger partial charge in [-0.15, -0.1) is 11.8 Å². The van der Waals surface area contributed by atoms with Crippen molar-refractivity contribution >= 4 is 40.4 Å². The van der Waals surface area contributed by atoms with Crippen molar-refractivity contribution in [3.8, 4) is 0 Å². The highest BCUT2D eigenvalue weighted by Crippen LogP contribution is 2.21. The number of nitrogens with two attached hydrogens (primary N) is 1. The Morgan fingerprint density at radius 1 is 1.26 bits per heavy atom. The fourth-order valence-electron chi connectivity index (χ4n) is 2.37. The van der Waals surface area contributed by atoms with E-state index in [9.17, 15) is 0 Å². The molecule has 2 N–H and O–H groups in total. The third-order valence-electron chi connectivity index (χ3n) is 3.57. The first-order chi connectivity index (χ1) is 11.1. The third-order valence-corrected chi connectivity index (χ3v) is 4.80. The zero-order valence-electron chi connectivity index (χ0n) is 12.8. The maximum atomic E-state index is 5.89. The molecule has 0 atom stereocenters. The molecule has 0 amide bonds. The van der Waals surface area contributed by atoms with Gasteiger partial charge >= 0.3 is 0 Å². The topological polar surface area (TPSA) is 46.6 Å². The number of aromatic nitrogens is 2. The van der Waals surface area contributed by atoms with E-state index < -0.39 is 0 Å². The molecule has 0 unspecified atom stereocenters. The van der Waals surface area contributed by atoms with Crippen LogP contribution in [0.5, 0.6) is 0 Å². The predicted octanol–water partition coefficient (Wildman–Crippen LogP) is 3.49. The van der Waals surface area contributed by atoms with E-state index in [1.54, 1.807) is 11.8 Å². The Morgan fingerprint density at radius 2 is 2.04 bits per heavy atom. The summed E-state index contributed by atoms with van der Waals surface area (Å²) in [4.78, 5) is 6.27. The molecular weight excluding hydrogens is 324 g/mol. The van der Waals surface area contributed by atoms with E-state index in [0.29, 0.717) is 5.11 Å². The Balaban J connectivity index is 1.69. The van der Waals surface area contributed by atoms with Gasteiger partial charge in [0.1, 0.15) is 5.65 Å². The highest BCUT2D eigenvalue weighted by molar-refractivity contribution is 7.99. The van der Waals surface area contributed by atoms with Crippen LogP contribution in [0.25, 0.3) is 5.65 Å². The summed E-state index contributed by atoms with van der Waals surface area (Å²) < 4.78 is 2.08. The minimum atomic E-state index is 0.398. The van der Waals surface area contributed by atoms with Gasteiger partial charge in [-0.25, -0.2) is 4.98 Å². The summed E-state index contributed by atoms with van der Waals surface area (Å²) >= 11 is 6.97. The van der Waals surface area contributed by atoms with Crippen molar-refractivity contribution < 1.29 is 0 Å². The van der Waals surface area contributed by atoms with Crippen LogP contribution >= 0.6 is 24.0 Å². The van der Waals surface area contributed by atoms with Crippen LogP contribution in [0.2, 0.25) is 0 Å². The van der Waals surface area contributed by atoms with E-state index >= 15 is 0 Å². The van der Waals surface area contributed by atoms with Crippen LogP contribution in [-0.2, 0) is 0 Å². The molecule has 23 heavy (non-hydrogen) atoms. The molecule has 2 aromatic heterocycles. The number of nitrogens with zero attached hydrogens (tertiary/aromatic N) is 3. The van der Waals surface area contributed by atoms with Gasteiger partial charge in [-0.1, -0.05) is 23.8 Å². The molecule has 0 aliphatic carbocycles. The lowest BCUT2D eigenvalue weighted by Crippen LogP contribution is -2.37. The molecule has 3 aromatic rings. The van der Waals surface area contributed by atoms with Gasteiger partial charge in [-0.05, 0) is 43.4 Å². The number of thioether (sulfide) groups is 1. The van der Waals surface area contributed by atoms with Crippen LogP contribution in [-0.4, -0.2) is 26.8 Å². The number of thiocarbonyl (C=S) groups is 1. The fraction of sp³-hybridized carbons (Fsp3) is 0.176. The van der Waals surface area contributed by atoms with Crippen LogP contribution in [0.1, 0.15) is 5.56 Å². The molecule has 3 rings (SSSR count). The van der Waals surface area contributed by atoms with Crippen LogP contribution in [0.4, 0.5) is 5.69 Å². The largest absolute Gasteiger partial charge is 0.376 e. The minimum absolute atomic E-state index is 0.398. The Morgan fingerprint density at radius 3 is 2.78 bits per heavy atom. The average molecular weight is 342 g/mol.